The average Bonchev–Trinajstić information content (AvgIpc) is 3.26. The van der Waals surface area contributed by atoms with Crippen molar-refractivity contribution in [2.45, 2.75) is 56.5 Å². The normalized spacial score (nSPS) is 22.9. The number of amides is 4. The van der Waals surface area contributed by atoms with E-state index in [1.807, 2.05) is 24.3 Å². The highest BCUT2D eigenvalue weighted by atomic mass is 16.5. The molecule has 1 atom stereocenters. The number of ether oxygens (including phenoxy) is 1. The highest BCUT2D eigenvalue weighted by Crippen LogP contribution is 2.29. The Bertz CT molecular complexity index is 839. The van der Waals surface area contributed by atoms with Crippen LogP contribution in [-0.4, -0.2) is 47.5 Å². The SMILES string of the molecule is COc1ccc(CC[C@@]2(C)NC(=O)N(CC(=O)NC3(C#N)CCCC3)C2=O)cc1. The highest BCUT2D eigenvalue weighted by molar-refractivity contribution is 6.08. The van der Waals surface area contributed by atoms with Crippen LogP contribution in [0.25, 0.3) is 0 Å². The molecular formula is C21H26N4O4. The van der Waals surface area contributed by atoms with Crippen molar-refractivity contribution in [3.63, 3.8) is 0 Å². The molecule has 0 bridgehead atoms. The molecule has 2 aliphatic rings. The van der Waals surface area contributed by atoms with Crippen molar-refractivity contribution in [2.24, 2.45) is 0 Å². The Morgan fingerprint density at radius 2 is 1.93 bits per heavy atom. The molecular weight excluding hydrogens is 372 g/mol. The van der Waals surface area contributed by atoms with Crippen LogP contribution in [0.4, 0.5) is 4.79 Å². The fourth-order valence-corrected chi connectivity index (χ4v) is 3.94. The Kier molecular flexibility index (Phi) is 5.78. The molecule has 1 aliphatic heterocycles. The molecule has 3 rings (SSSR count). The summed E-state index contributed by atoms with van der Waals surface area (Å²) in [5.41, 5.74) is -0.937. The van der Waals surface area contributed by atoms with E-state index in [1.54, 1.807) is 14.0 Å². The van der Waals surface area contributed by atoms with Crippen LogP contribution in [0.1, 0.15) is 44.6 Å². The van der Waals surface area contributed by atoms with E-state index in [4.69, 9.17) is 4.74 Å². The van der Waals surface area contributed by atoms with E-state index in [1.165, 1.54) is 0 Å². The molecule has 1 saturated heterocycles. The Morgan fingerprint density at radius 1 is 1.28 bits per heavy atom. The second-order valence-corrected chi connectivity index (χ2v) is 7.95. The lowest BCUT2D eigenvalue weighted by Crippen LogP contribution is -2.50. The van der Waals surface area contributed by atoms with Crippen LogP contribution < -0.4 is 15.4 Å². The standard InChI is InChI=1S/C21H26N4O4/c1-20(12-9-15-5-7-16(29-2)8-6-15)18(27)25(19(28)24-20)13-17(26)23-21(14-22)10-3-4-11-21/h5-8H,3-4,9-13H2,1-2H3,(H,23,26)(H,24,28)/t20-/m1/s1. The molecule has 1 saturated carbocycles. The number of nitrogens with one attached hydrogen (secondary N) is 2. The summed E-state index contributed by atoms with van der Waals surface area (Å²) in [4.78, 5) is 38.6. The third kappa shape index (κ3) is 4.34. The summed E-state index contributed by atoms with van der Waals surface area (Å²) in [5.74, 6) is -0.167. The molecule has 2 N–H and O–H groups in total. The van der Waals surface area contributed by atoms with Crippen molar-refractivity contribution in [1.82, 2.24) is 15.5 Å². The van der Waals surface area contributed by atoms with E-state index in [-0.39, 0.29) is 6.54 Å². The summed E-state index contributed by atoms with van der Waals surface area (Å²) in [6.07, 6.45) is 3.93. The average molecular weight is 398 g/mol. The maximum absolute atomic E-state index is 12.9. The predicted molar refractivity (Wildman–Crippen MR) is 105 cm³/mol. The lowest BCUT2D eigenvalue weighted by molar-refractivity contribution is -0.135. The van der Waals surface area contributed by atoms with Crippen molar-refractivity contribution in [2.75, 3.05) is 13.7 Å². The van der Waals surface area contributed by atoms with Gasteiger partial charge in [-0.15, -0.1) is 0 Å². The van der Waals surface area contributed by atoms with E-state index in [0.29, 0.717) is 25.7 Å². The molecule has 154 valence electrons. The van der Waals surface area contributed by atoms with Gasteiger partial charge in [0.05, 0.1) is 13.2 Å². The van der Waals surface area contributed by atoms with Gasteiger partial charge in [0.15, 0.2) is 0 Å². The number of urea groups is 1. The number of methoxy groups -OCH3 is 1. The number of rotatable bonds is 7. The van der Waals surface area contributed by atoms with Gasteiger partial charge in [0.25, 0.3) is 5.91 Å². The lowest BCUT2D eigenvalue weighted by Gasteiger charge is -2.24. The molecule has 0 spiro atoms. The summed E-state index contributed by atoms with van der Waals surface area (Å²) in [7, 11) is 1.60. The molecule has 1 aromatic rings. The van der Waals surface area contributed by atoms with Crippen molar-refractivity contribution in [1.29, 1.82) is 5.26 Å². The van der Waals surface area contributed by atoms with Crippen LogP contribution in [0.15, 0.2) is 24.3 Å². The fourth-order valence-electron chi connectivity index (χ4n) is 3.94. The van der Waals surface area contributed by atoms with Crippen LogP contribution >= 0.6 is 0 Å². The first-order chi connectivity index (χ1) is 13.8. The molecule has 1 heterocycles. The second kappa shape index (κ2) is 8.11. The zero-order chi connectivity index (χ0) is 21.1. The molecule has 4 amide bonds. The first-order valence-corrected chi connectivity index (χ1v) is 9.80. The third-order valence-corrected chi connectivity index (χ3v) is 5.77. The Morgan fingerprint density at radius 3 is 2.52 bits per heavy atom. The molecule has 29 heavy (non-hydrogen) atoms. The van der Waals surface area contributed by atoms with Crippen LogP contribution in [0.2, 0.25) is 0 Å². The zero-order valence-electron chi connectivity index (χ0n) is 16.8. The van der Waals surface area contributed by atoms with E-state index in [0.717, 1.165) is 29.1 Å². The van der Waals surface area contributed by atoms with E-state index in [2.05, 4.69) is 16.7 Å². The molecule has 0 unspecified atom stereocenters. The number of carbonyl (C=O) groups is 3. The molecule has 2 fully saturated rings. The third-order valence-electron chi connectivity index (χ3n) is 5.77. The summed E-state index contributed by atoms with van der Waals surface area (Å²) in [5, 5.41) is 14.8. The maximum atomic E-state index is 12.9. The van der Waals surface area contributed by atoms with Gasteiger partial charge in [0, 0.05) is 0 Å². The second-order valence-electron chi connectivity index (χ2n) is 7.95. The number of nitriles is 1. The van der Waals surface area contributed by atoms with Gasteiger partial charge < -0.3 is 15.4 Å². The number of imide groups is 1. The molecule has 1 aromatic carbocycles. The minimum absolute atomic E-state index is 0.383. The van der Waals surface area contributed by atoms with E-state index >= 15 is 0 Å². The van der Waals surface area contributed by atoms with Gasteiger partial charge in [-0.05, 0) is 63.1 Å². The van der Waals surface area contributed by atoms with Crippen LogP contribution in [0.3, 0.4) is 0 Å². The largest absolute Gasteiger partial charge is 0.497 e. The van der Waals surface area contributed by atoms with Gasteiger partial charge in [-0.3, -0.25) is 14.5 Å². The first kappa shape index (κ1) is 20.6. The number of hydrogen-bond acceptors (Lipinski definition) is 5. The maximum Gasteiger partial charge on any atom is 0.325 e. The van der Waals surface area contributed by atoms with Crippen molar-refractivity contribution >= 4 is 17.8 Å². The number of nitrogens with zero attached hydrogens (tertiary/aromatic N) is 2. The van der Waals surface area contributed by atoms with Crippen LogP contribution in [-0.2, 0) is 16.0 Å². The van der Waals surface area contributed by atoms with Crippen LogP contribution in [0.5, 0.6) is 5.75 Å². The van der Waals surface area contributed by atoms with E-state index < -0.39 is 28.9 Å². The van der Waals surface area contributed by atoms with Gasteiger partial charge in [-0.2, -0.15) is 5.26 Å². The topological polar surface area (TPSA) is 112 Å². The summed E-state index contributed by atoms with van der Waals surface area (Å²) in [6, 6.07) is 9.11. The zero-order valence-corrected chi connectivity index (χ0v) is 16.8. The monoisotopic (exact) mass is 398 g/mol. The lowest BCUT2D eigenvalue weighted by atomic mass is 9.93. The van der Waals surface area contributed by atoms with Gasteiger partial charge in [-0.25, -0.2) is 4.79 Å². The van der Waals surface area contributed by atoms with Crippen molar-refractivity contribution in [3.8, 4) is 11.8 Å². The van der Waals surface area contributed by atoms with E-state index in [9.17, 15) is 19.6 Å². The summed E-state index contributed by atoms with van der Waals surface area (Å²) >= 11 is 0. The smallest absolute Gasteiger partial charge is 0.325 e. The molecule has 0 radical (unpaired) electrons. The quantitative estimate of drug-likeness (QED) is 0.681. The minimum Gasteiger partial charge on any atom is -0.497 e. The summed E-state index contributed by atoms with van der Waals surface area (Å²) in [6.45, 7) is 1.29. The molecule has 0 aromatic heterocycles. The Labute approximate surface area is 170 Å². The van der Waals surface area contributed by atoms with Gasteiger partial charge in [0.2, 0.25) is 5.91 Å². The van der Waals surface area contributed by atoms with Gasteiger partial charge in [0.1, 0.15) is 23.4 Å². The Hall–Kier alpha value is -3.08. The first-order valence-electron chi connectivity index (χ1n) is 9.80. The van der Waals surface area contributed by atoms with Crippen molar-refractivity contribution in [3.05, 3.63) is 29.8 Å². The number of benzene rings is 1. The van der Waals surface area contributed by atoms with Gasteiger partial charge in [-0.1, -0.05) is 12.1 Å². The fraction of sp³-hybridized carbons (Fsp3) is 0.524. The van der Waals surface area contributed by atoms with Crippen molar-refractivity contribution < 1.29 is 19.1 Å². The molecule has 8 heteroatoms. The highest BCUT2D eigenvalue weighted by Gasteiger charge is 2.48. The van der Waals surface area contributed by atoms with Crippen LogP contribution in [0, 0.1) is 11.3 Å². The Balaban J connectivity index is 1.60. The number of carbonyl (C=O) groups excluding carboxylic acids is 3. The van der Waals surface area contributed by atoms with Gasteiger partial charge >= 0.3 is 6.03 Å². The molecule has 8 nitrogen and oxygen atoms in total. The molecule has 1 aliphatic carbocycles. The predicted octanol–water partition coefficient (Wildman–Crippen LogP) is 1.89. The minimum atomic E-state index is -1.07. The summed E-state index contributed by atoms with van der Waals surface area (Å²) < 4.78 is 5.14. The number of hydrogen-bond donors (Lipinski definition) is 2. The number of aryl methyl sites for hydroxylation is 1.